The summed E-state index contributed by atoms with van der Waals surface area (Å²) in [5.41, 5.74) is -0.738. The van der Waals surface area contributed by atoms with Crippen LogP contribution >= 0.6 is 0 Å². The molecule has 25 heavy (non-hydrogen) atoms. The molecule has 0 spiro atoms. The minimum absolute atomic E-state index is 0.100. The average molecular weight is 342 g/mol. The molecule has 1 aliphatic carbocycles. The van der Waals surface area contributed by atoms with Crippen LogP contribution < -0.4 is 21.8 Å². The van der Waals surface area contributed by atoms with Crippen molar-refractivity contribution in [3.8, 4) is 0 Å². The molecule has 3 rings (SSSR count). The number of hydrogen-bond donors (Lipinski definition) is 4. The topological polar surface area (TPSA) is 124 Å². The third-order valence-electron chi connectivity index (χ3n) is 4.16. The van der Waals surface area contributed by atoms with E-state index in [4.69, 9.17) is 0 Å². The number of rotatable bonds is 4. The van der Waals surface area contributed by atoms with Gasteiger partial charge in [-0.2, -0.15) is 0 Å². The second-order valence-corrected chi connectivity index (χ2v) is 5.88. The number of carbonyl (C=O) groups is 2. The molecule has 2 amide bonds. The molecule has 0 aliphatic heterocycles. The molecule has 1 heterocycles. The Labute approximate surface area is 142 Å². The maximum atomic E-state index is 12.1. The number of H-pyrrole nitrogens is 2. The Morgan fingerprint density at radius 2 is 1.92 bits per heavy atom. The first-order valence-corrected chi connectivity index (χ1v) is 8.02. The fourth-order valence-corrected chi connectivity index (χ4v) is 2.87. The first-order chi connectivity index (χ1) is 12.1. The highest BCUT2D eigenvalue weighted by Gasteiger charge is 2.19. The van der Waals surface area contributed by atoms with Crippen LogP contribution in [0, 0.1) is 5.92 Å². The minimum atomic E-state index is -0.511. The highest BCUT2D eigenvalue weighted by atomic mass is 16.2. The lowest BCUT2D eigenvalue weighted by Gasteiger charge is -2.17. The Balaban J connectivity index is 1.69. The molecule has 1 atom stereocenters. The first-order valence-electron chi connectivity index (χ1n) is 8.02. The normalized spacial score (nSPS) is 16.6. The number of nitrogens with one attached hydrogen (secondary N) is 4. The van der Waals surface area contributed by atoms with E-state index in [1.807, 2.05) is 12.2 Å². The molecule has 0 bridgehead atoms. The highest BCUT2D eigenvalue weighted by Crippen LogP contribution is 2.18. The van der Waals surface area contributed by atoms with E-state index in [2.05, 4.69) is 20.8 Å². The summed E-state index contributed by atoms with van der Waals surface area (Å²) >= 11 is 0. The van der Waals surface area contributed by atoms with Gasteiger partial charge in [-0.05, 0) is 31.4 Å². The van der Waals surface area contributed by atoms with Crippen molar-refractivity contribution in [2.75, 3.05) is 11.9 Å². The zero-order valence-corrected chi connectivity index (χ0v) is 13.4. The summed E-state index contributed by atoms with van der Waals surface area (Å²) in [6, 6.07) is 4.60. The molecule has 0 saturated carbocycles. The number of hydrogen-bond acceptors (Lipinski definition) is 4. The molecule has 2 aromatic rings. The molecule has 8 nitrogen and oxygen atoms in total. The predicted molar refractivity (Wildman–Crippen MR) is 93.3 cm³/mol. The van der Waals surface area contributed by atoms with E-state index in [-0.39, 0.29) is 34.8 Å². The number of anilines is 1. The van der Waals surface area contributed by atoms with E-state index in [9.17, 15) is 19.2 Å². The Bertz CT molecular complexity index is 957. The van der Waals surface area contributed by atoms with Crippen LogP contribution in [-0.2, 0) is 9.59 Å². The maximum absolute atomic E-state index is 12.1. The molecular weight excluding hydrogens is 324 g/mol. The van der Waals surface area contributed by atoms with Gasteiger partial charge in [-0.15, -0.1) is 0 Å². The number of allylic oxidation sites excluding steroid dienone is 2. The van der Waals surface area contributed by atoms with Crippen molar-refractivity contribution in [1.29, 1.82) is 0 Å². The van der Waals surface area contributed by atoms with Gasteiger partial charge < -0.3 is 10.6 Å². The monoisotopic (exact) mass is 342 g/mol. The van der Waals surface area contributed by atoms with Crippen molar-refractivity contribution in [2.24, 2.45) is 5.92 Å². The summed E-state index contributed by atoms with van der Waals surface area (Å²) in [7, 11) is 0. The largest absolute Gasteiger partial charge is 0.347 e. The number of amides is 2. The third-order valence-corrected chi connectivity index (χ3v) is 4.16. The second kappa shape index (κ2) is 7.16. The zero-order chi connectivity index (χ0) is 17.8. The van der Waals surface area contributed by atoms with Crippen LogP contribution in [0.3, 0.4) is 0 Å². The van der Waals surface area contributed by atoms with Crippen LogP contribution in [0.1, 0.15) is 19.3 Å². The SMILES string of the molecule is O=C(CNC(=O)[C@@H]1CC=CCC1)Nc1cccc2c(=O)[nH][nH]c(=O)c12. The van der Waals surface area contributed by atoms with Gasteiger partial charge in [0.1, 0.15) is 0 Å². The van der Waals surface area contributed by atoms with E-state index >= 15 is 0 Å². The van der Waals surface area contributed by atoms with E-state index in [1.165, 1.54) is 12.1 Å². The number of benzene rings is 1. The van der Waals surface area contributed by atoms with Crippen LogP contribution in [0.2, 0.25) is 0 Å². The Morgan fingerprint density at radius 3 is 2.68 bits per heavy atom. The quantitative estimate of drug-likeness (QED) is 0.608. The molecule has 0 unspecified atom stereocenters. The standard InChI is InChI=1S/C17H18N4O4/c22-13(9-18-15(23)10-5-2-1-3-6-10)19-12-8-4-7-11-14(12)17(25)21-20-16(11)24/h1-2,4,7-8,10H,3,5-6,9H2,(H,18,23)(H,19,22)(H,20,24)(H,21,25)/t10-/m1/s1. The lowest BCUT2D eigenvalue weighted by molar-refractivity contribution is -0.127. The molecule has 8 heteroatoms. The van der Waals surface area contributed by atoms with Gasteiger partial charge >= 0.3 is 0 Å². The number of aromatic amines is 2. The van der Waals surface area contributed by atoms with Gasteiger partial charge in [0, 0.05) is 5.92 Å². The molecule has 1 aromatic carbocycles. The van der Waals surface area contributed by atoms with Crippen molar-refractivity contribution < 1.29 is 9.59 Å². The van der Waals surface area contributed by atoms with Gasteiger partial charge in [-0.3, -0.25) is 29.4 Å². The molecule has 0 radical (unpaired) electrons. The van der Waals surface area contributed by atoms with Crippen LogP contribution in [0.25, 0.3) is 10.8 Å². The lowest BCUT2D eigenvalue weighted by atomic mass is 9.94. The fraction of sp³-hybridized carbons (Fsp3) is 0.294. The van der Waals surface area contributed by atoms with Crippen LogP contribution in [0.5, 0.6) is 0 Å². The van der Waals surface area contributed by atoms with Crippen molar-refractivity contribution in [3.05, 3.63) is 51.1 Å². The van der Waals surface area contributed by atoms with E-state index in [1.54, 1.807) is 6.07 Å². The van der Waals surface area contributed by atoms with Crippen LogP contribution in [0.15, 0.2) is 39.9 Å². The number of aromatic nitrogens is 2. The highest BCUT2D eigenvalue weighted by molar-refractivity contribution is 6.02. The molecule has 0 fully saturated rings. The van der Waals surface area contributed by atoms with Crippen LogP contribution in [-0.4, -0.2) is 28.6 Å². The van der Waals surface area contributed by atoms with Crippen LogP contribution in [0.4, 0.5) is 5.69 Å². The van der Waals surface area contributed by atoms with Gasteiger partial charge in [-0.25, -0.2) is 0 Å². The van der Waals surface area contributed by atoms with Gasteiger partial charge in [0.2, 0.25) is 11.8 Å². The van der Waals surface area contributed by atoms with Gasteiger partial charge in [-0.1, -0.05) is 18.2 Å². The smallest absolute Gasteiger partial charge is 0.272 e. The summed E-state index contributed by atoms with van der Waals surface area (Å²) in [5.74, 6) is -0.740. The minimum Gasteiger partial charge on any atom is -0.347 e. The number of carbonyl (C=O) groups excluding carboxylic acids is 2. The Kier molecular flexibility index (Phi) is 4.78. The zero-order valence-electron chi connectivity index (χ0n) is 13.4. The third kappa shape index (κ3) is 3.68. The lowest BCUT2D eigenvalue weighted by Crippen LogP contribution is -2.37. The van der Waals surface area contributed by atoms with Crippen molar-refractivity contribution in [3.63, 3.8) is 0 Å². The Morgan fingerprint density at radius 1 is 1.12 bits per heavy atom. The van der Waals surface area contributed by atoms with E-state index in [0.29, 0.717) is 6.42 Å². The van der Waals surface area contributed by atoms with Gasteiger partial charge in [0.05, 0.1) is 23.0 Å². The maximum Gasteiger partial charge on any atom is 0.272 e. The summed E-state index contributed by atoms with van der Waals surface area (Å²) in [5, 5.41) is 9.92. The summed E-state index contributed by atoms with van der Waals surface area (Å²) < 4.78 is 0. The molecule has 1 aromatic heterocycles. The predicted octanol–water partition coefficient (Wildman–Crippen LogP) is 0.627. The van der Waals surface area contributed by atoms with Crippen molar-refractivity contribution >= 4 is 28.3 Å². The average Bonchev–Trinajstić information content (AvgIpc) is 2.63. The van der Waals surface area contributed by atoms with E-state index < -0.39 is 17.0 Å². The molecule has 4 N–H and O–H groups in total. The van der Waals surface area contributed by atoms with E-state index in [0.717, 1.165) is 12.8 Å². The molecule has 0 saturated heterocycles. The fourth-order valence-electron chi connectivity index (χ4n) is 2.87. The summed E-state index contributed by atoms with van der Waals surface area (Å²) in [6.45, 7) is -0.198. The molecule has 130 valence electrons. The Hall–Kier alpha value is -3.16. The van der Waals surface area contributed by atoms with Gasteiger partial charge in [0.15, 0.2) is 0 Å². The molecule has 1 aliphatic rings. The van der Waals surface area contributed by atoms with Gasteiger partial charge in [0.25, 0.3) is 11.1 Å². The second-order valence-electron chi connectivity index (χ2n) is 5.88. The number of fused-ring (bicyclic) bond motifs is 1. The van der Waals surface area contributed by atoms with Crippen molar-refractivity contribution in [1.82, 2.24) is 15.5 Å². The molecular formula is C17H18N4O4. The first kappa shape index (κ1) is 16.7. The summed E-state index contributed by atoms with van der Waals surface area (Å²) in [6.07, 6.45) is 6.31. The summed E-state index contributed by atoms with van der Waals surface area (Å²) in [4.78, 5) is 47.9. The van der Waals surface area contributed by atoms with Crippen molar-refractivity contribution in [2.45, 2.75) is 19.3 Å².